The first-order valence-electron chi connectivity index (χ1n) is 8.81. The molecular formula is C18H26N2O5S. The van der Waals surface area contributed by atoms with Gasteiger partial charge in [0.2, 0.25) is 15.9 Å². The van der Waals surface area contributed by atoms with Gasteiger partial charge < -0.3 is 10.4 Å². The summed E-state index contributed by atoms with van der Waals surface area (Å²) in [5.41, 5.74) is -0.569. The molecule has 1 aromatic carbocycles. The van der Waals surface area contributed by atoms with Crippen molar-refractivity contribution >= 4 is 21.9 Å². The molecule has 8 heteroatoms. The SMILES string of the molecule is CCNS(=O)(=O)c1ccc(CC(=O)NC2(C(=O)O)CCC(C)CC2)cc1. The Bertz CT molecular complexity index is 750. The lowest BCUT2D eigenvalue weighted by Gasteiger charge is -2.36. The number of carbonyl (C=O) groups excluding carboxylic acids is 1. The van der Waals surface area contributed by atoms with Gasteiger partial charge in [0.25, 0.3) is 0 Å². The third-order valence-corrected chi connectivity index (χ3v) is 6.41. The third kappa shape index (κ3) is 4.82. The van der Waals surface area contributed by atoms with Gasteiger partial charge in [-0.05, 0) is 49.3 Å². The van der Waals surface area contributed by atoms with Crippen LogP contribution in [0.4, 0.5) is 0 Å². The number of hydrogen-bond donors (Lipinski definition) is 3. The zero-order valence-corrected chi connectivity index (χ0v) is 15.9. The van der Waals surface area contributed by atoms with Gasteiger partial charge in [0.1, 0.15) is 5.54 Å². The average molecular weight is 382 g/mol. The Morgan fingerprint density at radius 3 is 2.27 bits per heavy atom. The van der Waals surface area contributed by atoms with Crippen LogP contribution < -0.4 is 10.0 Å². The standard InChI is InChI=1S/C18H26N2O5S/c1-3-19-26(24,25)15-6-4-14(5-7-15)12-16(21)20-18(17(22)23)10-8-13(2)9-11-18/h4-7,13,19H,3,8-12H2,1-2H3,(H,20,21)(H,22,23). The first kappa shape index (κ1) is 20.4. The van der Waals surface area contributed by atoms with Crippen molar-refractivity contribution in [1.82, 2.24) is 10.0 Å². The molecule has 0 unspecified atom stereocenters. The van der Waals surface area contributed by atoms with E-state index in [-0.39, 0.29) is 17.2 Å². The monoisotopic (exact) mass is 382 g/mol. The van der Waals surface area contributed by atoms with E-state index < -0.39 is 21.5 Å². The van der Waals surface area contributed by atoms with Crippen molar-refractivity contribution in [1.29, 1.82) is 0 Å². The Labute approximate surface area is 154 Å². The van der Waals surface area contributed by atoms with Crippen LogP contribution >= 0.6 is 0 Å². The maximum Gasteiger partial charge on any atom is 0.329 e. The molecule has 26 heavy (non-hydrogen) atoms. The summed E-state index contributed by atoms with van der Waals surface area (Å²) in [7, 11) is -3.53. The molecular weight excluding hydrogens is 356 g/mol. The fourth-order valence-electron chi connectivity index (χ4n) is 3.20. The first-order valence-corrected chi connectivity index (χ1v) is 10.3. The summed E-state index contributed by atoms with van der Waals surface area (Å²) in [6.07, 6.45) is 2.39. The van der Waals surface area contributed by atoms with E-state index in [2.05, 4.69) is 17.0 Å². The van der Waals surface area contributed by atoms with Crippen molar-refractivity contribution in [2.24, 2.45) is 5.92 Å². The van der Waals surface area contributed by atoms with Gasteiger partial charge in [0.15, 0.2) is 0 Å². The summed E-state index contributed by atoms with van der Waals surface area (Å²) in [6, 6.07) is 6.02. The molecule has 3 N–H and O–H groups in total. The highest BCUT2D eigenvalue weighted by Gasteiger charge is 2.42. The van der Waals surface area contributed by atoms with Gasteiger partial charge in [-0.15, -0.1) is 0 Å². The summed E-state index contributed by atoms with van der Waals surface area (Å²) < 4.78 is 26.2. The fourth-order valence-corrected chi connectivity index (χ4v) is 4.24. The summed E-state index contributed by atoms with van der Waals surface area (Å²) >= 11 is 0. The van der Waals surface area contributed by atoms with E-state index in [0.717, 1.165) is 12.8 Å². The molecule has 1 fully saturated rings. The molecule has 0 aromatic heterocycles. The van der Waals surface area contributed by atoms with Gasteiger partial charge in [-0.2, -0.15) is 0 Å². The Morgan fingerprint density at radius 1 is 1.19 bits per heavy atom. The average Bonchev–Trinajstić information content (AvgIpc) is 2.57. The van der Waals surface area contributed by atoms with Crippen molar-refractivity contribution in [3.63, 3.8) is 0 Å². The number of benzene rings is 1. The fraction of sp³-hybridized carbons (Fsp3) is 0.556. The van der Waals surface area contributed by atoms with Crippen molar-refractivity contribution in [2.75, 3.05) is 6.54 Å². The minimum Gasteiger partial charge on any atom is -0.480 e. The molecule has 0 saturated heterocycles. The molecule has 7 nitrogen and oxygen atoms in total. The van der Waals surface area contributed by atoms with Gasteiger partial charge in [0.05, 0.1) is 11.3 Å². The molecule has 0 aliphatic heterocycles. The Morgan fingerprint density at radius 2 is 1.77 bits per heavy atom. The second-order valence-corrected chi connectivity index (χ2v) is 8.71. The van der Waals surface area contributed by atoms with E-state index in [1.807, 2.05) is 0 Å². The van der Waals surface area contributed by atoms with Crippen molar-refractivity contribution in [2.45, 2.75) is 56.4 Å². The number of carbonyl (C=O) groups is 2. The van der Waals surface area contributed by atoms with E-state index in [1.54, 1.807) is 19.1 Å². The molecule has 1 aliphatic rings. The molecule has 0 heterocycles. The number of nitrogens with one attached hydrogen (secondary N) is 2. The van der Waals surface area contributed by atoms with E-state index in [0.29, 0.717) is 30.9 Å². The molecule has 1 aromatic rings. The van der Waals surface area contributed by atoms with Crippen LogP contribution in [0.5, 0.6) is 0 Å². The number of carboxylic acids is 1. The molecule has 1 aliphatic carbocycles. The Hall–Kier alpha value is -1.93. The molecule has 0 radical (unpaired) electrons. The predicted octanol–water partition coefficient (Wildman–Crippen LogP) is 1.68. The quantitative estimate of drug-likeness (QED) is 0.664. The van der Waals surface area contributed by atoms with Crippen LogP contribution in [0.25, 0.3) is 0 Å². The number of hydrogen-bond acceptors (Lipinski definition) is 4. The number of amides is 1. The maximum atomic E-state index is 12.4. The van der Waals surface area contributed by atoms with Crippen LogP contribution in [-0.2, 0) is 26.0 Å². The van der Waals surface area contributed by atoms with Crippen LogP contribution in [0.2, 0.25) is 0 Å². The number of carboxylic acid groups (broad SMARTS) is 1. The molecule has 0 bridgehead atoms. The highest BCUT2D eigenvalue weighted by Crippen LogP contribution is 2.32. The van der Waals surface area contributed by atoms with Crippen LogP contribution in [0, 0.1) is 5.92 Å². The summed E-state index contributed by atoms with van der Waals surface area (Å²) in [5, 5.41) is 12.3. The minimum atomic E-state index is -3.53. The molecule has 0 atom stereocenters. The van der Waals surface area contributed by atoms with Gasteiger partial charge >= 0.3 is 5.97 Å². The Kier molecular flexibility index (Phi) is 6.41. The van der Waals surface area contributed by atoms with Gasteiger partial charge in [0, 0.05) is 6.54 Å². The van der Waals surface area contributed by atoms with Crippen LogP contribution in [0.1, 0.15) is 45.1 Å². The zero-order chi connectivity index (χ0) is 19.4. The van der Waals surface area contributed by atoms with Crippen LogP contribution in [-0.4, -0.2) is 37.5 Å². The zero-order valence-electron chi connectivity index (χ0n) is 15.1. The lowest BCUT2D eigenvalue weighted by atomic mass is 9.77. The lowest BCUT2D eigenvalue weighted by molar-refractivity contribution is -0.149. The number of sulfonamides is 1. The largest absolute Gasteiger partial charge is 0.480 e. The second kappa shape index (κ2) is 8.18. The third-order valence-electron chi connectivity index (χ3n) is 4.85. The van der Waals surface area contributed by atoms with E-state index >= 15 is 0 Å². The van der Waals surface area contributed by atoms with E-state index in [4.69, 9.17) is 0 Å². The summed E-state index contributed by atoms with van der Waals surface area (Å²) in [6.45, 7) is 4.07. The van der Waals surface area contributed by atoms with Crippen molar-refractivity contribution in [3.05, 3.63) is 29.8 Å². The molecule has 144 valence electrons. The second-order valence-electron chi connectivity index (χ2n) is 6.94. The Balaban J connectivity index is 2.04. The van der Waals surface area contributed by atoms with E-state index in [9.17, 15) is 23.1 Å². The molecule has 2 rings (SSSR count). The van der Waals surface area contributed by atoms with Gasteiger partial charge in [-0.1, -0.05) is 26.0 Å². The van der Waals surface area contributed by atoms with Gasteiger partial charge in [-0.3, -0.25) is 4.79 Å². The number of aliphatic carboxylic acids is 1. The minimum absolute atomic E-state index is 0.00607. The highest BCUT2D eigenvalue weighted by molar-refractivity contribution is 7.89. The van der Waals surface area contributed by atoms with Crippen LogP contribution in [0.3, 0.4) is 0 Å². The summed E-state index contributed by atoms with van der Waals surface area (Å²) in [5.74, 6) is -0.903. The normalized spacial score (nSPS) is 23.4. The molecule has 1 amide bonds. The van der Waals surface area contributed by atoms with E-state index in [1.165, 1.54) is 12.1 Å². The van der Waals surface area contributed by atoms with Crippen molar-refractivity contribution < 1.29 is 23.1 Å². The van der Waals surface area contributed by atoms with Gasteiger partial charge in [-0.25, -0.2) is 17.9 Å². The first-order chi connectivity index (χ1) is 12.2. The maximum absolute atomic E-state index is 12.4. The van der Waals surface area contributed by atoms with Crippen molar-refractivity contribution in [3.8, 4) is 0 Å². The highest BCUT2D eigenvalue weighted by atomic mass is 32.2. The topological polar surface area (TPSA) is 113 Å². The van der Waals surface area contributed by atoms with Crippen LogP contribution in [0.15, 0.2) is 29.2 Å². The molecule has 0 spiro atoms. The number of rotatable bonds is 7. The lowest BCUT2D eigenvalue weighted by Crippen LogP contribution is -2.56. The smallest absolute Gasteiger partial charge is 0.329 e. The molecule has 1 saturated carbocycles. The summed E-state index contributed by atoms with van der Waals surface area (Å²) in [4.78, 5) is 24.2. The predicted molar refractivity (Wildman–Crippen MR) is 97.2 cm³/mol.